The van der Waals surface area contributed by atoms with Crippen molar-refractivity contribution in [2.45, 2.75) is 44.1 Å². The van der Waals surface area contributed by atoms with Crippen LogP contribution in [0.3, 0.4) is 0 Å². The van der Waals surface area contributed by atoms with Crippen LogP contribution in [0.25, 0.3) is 0 Å². The second-order valence-electron chi connectivity index (χ2n) is 5.19. The monoisotopic (exact) mass is 258 g/mol. The Labute approximate surface area is 113 Å². The number of nitrogens with one attached hydrogen (secondary N) is 1. The van der Waals surface area contributed by atoms with E-state index in [-0.39, 0.29) is 6.61 Å². The van der Waals surface area contributed by atoms with Crippen molar-refractivity contribution < 1.29 is 9.47 Å². The molecule has 0 amide bonds. The minimum absolute atomic E-state index is 0.0973. The smallest absolute Gasteiger partial charge is 0.174 e. The summed E-state index contributed by atoms with van der Waals surface area (Å²) in [4.78, 5) is 0. The van der Waals surface area contributed by atoms with E-state index >= 15 is 0 Å². The third-order valence-electron chi connectivity index (χ3n) is 3.90. The van der Waals surface area contributed by atoms with E-state index in [1.54, 1.807) is 0 Å². The summed E-state index contributed by atoms with van der Waals surface area (Å²) in [5.74, 6) is 0.744. The van der Waals surface area contributed by atoms with Gasteiger partial charge in [-0.3, -0.25) is 0 Å². The number of ether oxygens (including phenoxy) is 2. The SMILES string of the molecule is N#CCOc1ccc(CNC2CC3CCC2O3)cc1. The number of hydrogen-bond donors (Lipinski definition) is 1. The third-order valence-corrected chi connectivity index (χ3v) is 3.90. The molecule has 1 aromatic carbocycles. The topological polar surface area (TPSA) is 54.3 Å². The Hall–Kier alpha value is -1.57. The zero-order chi connectivity index (χ0) is 13.1. The number of benzene rings is 1. The summed E-state index contributed by atoms with van der Waals surface area (Å²) in [6.07, 6.45) is 4.48. The largest absolute Gasteiger partial charge is 0.479 e. The standard InChI is InChI=1S/C15H18N2O2/c16-7-8-18-12-3-1-11(2-4-12)10-17-14-9-13-5-6-15(14)19-13/h1-4,13-15,17H,5-6,8-10H2. The summed E-state index contributed by atoms with van der Waals surface area (Å²) in [5, 5.41) is 12.0. The maximum Gasteiger partial charge on any atom is 0.174 e. The third kappa shape index (κ3) is 2.89. The van der Waals surface area contributed by atoms with E-state index in [4.69, 9.17) is 14.7 Å². The van der Waals surface area contributed by atoms with Crippen LogP contribution < -0.4 is 10.1 Å². The van der Waals surface area contributed by atoms with Gasteiger partial charge in [-0.05, 0) is 37.0 Å². The van der Waals surface area contributed by atoms with Crippen LogP contribution >= 0.6 is 0 Å². The van der Waals surface area contributed by atoms with Crippen molar-refractivity contribution in [3.05, 3.63) is 29.8 Å². The lowest BCUT2D eigenvalue weighted by Crippen LogP contribution is -2.36. The molecule has 3 unspecified atom stereocenters. The van der Waals surface area contributed by atoms with E-state index in [1.165, 1.54) is 18.4 Å². The molecule has 0 spiro atoms. The van der Waals surface area contributed by atoms with Gasteiger partial charge in [0.2, 0.25) is 0 Å². The Kier molecular flexibility index (Phi) is 3.67. The first-order chi connectivity index (χ1) is 9.35. The number of hydrogen-bond acceptors (Lipinski definition) is 4. The summed E-state index contributed by atoms with van der Waals surface area (Å²) < 4.78 is 11.1. The van der Waals surface area contributed by atoms with E-state index in [2.05, 4.69) is 5.32 Å². The first-order valence-corrected chi connectivity index (χ1v) is 6.82. The highest BCUT2D eigenvalue weighted by Gasteiger charge is 2.40. The number of nitrogens with zero attached hydrogens (tertiary/aromatic N) is 1. The highest BCUT2D eigenvalue weighted by molar-refractivity contribution is 5.27. The quantitative estimate of drug-likeness (QED) is 0.877. The second-order valence-corrected chi connectivity index (χ2v) is 5.19. The van der Waals surface area contributed by atoms with Gasteiger partial charge in [0.25, 0.3) is 0 Å². The molecule has 2 aliphatic heterocycles. The van der Waals surface area contributed by atoms with E-state index in [9.17, 15) is 0 Å². The van der Waals surface area contributed by atoms with E-state index in [0.717, 1.165) is 18.7 Å². The molecule has 2 heterocycles. The molecule has 0 radical (unpaired) electrons. The lowest BCUT2D eigenvalue weighted by molar-refractivity contribution is 0.0973. The molecule has 2 fully saturated rings. The van der Waals surface area contributed by atoms with Gasteiger partial charge in [0.1, 0.15) is 11.8 Å². The number of rotatable bonds is 5. The van der Waals surface area contributed by atoms with Gasteiger partial charge in [0.05, 0.1) is 12.2 Å². The van der Waals surface area contributed by atoms with Crippen LogP contribution in [-0.4, -0.2) is 24.9 Å². The van der Waals surface area contributed by atoms with E-state index in [1.807, 2.05) is 30.3 Å². The Morgan fingerprint density at radius 3 is 2.79 bits per heavy atom. The lowest BCUT2D eigenvalue weighted by atomic mass is 9.95. The Balaban J connectivity index is 1.49. The first kappa shape index (κ1) is 12.5. The van der Waals surface area contributed by atoms with Gasteiger partial charge < -0.3 is 14.8 Å². The minimum Gasteiger partial charge on any atom is -0.479 e. The molecule has 0 aromatic heterocycles. The average Bonchev–Trinajstić information content (AvgIpc) is 3.06. The molecule has 0 aliphatic carbocycles. The van der Waals surface area contributed by atoms with Crippen LogP contribution in [-0.2, 0) is 11.3 Å². The van der Waals surface area contributed by atoms with Gasteiger partial charge in [-0.25, -0.2) is 0 Å². The van der Waals surface area contributed by atoms with Gasteiger partial charge >= 0.3 is 0 Å². The molecule has 2 aliphatic rings. The molecular formula is C15H18N2O2. The predicted octanol–water partition coefficient (Wildman–Crippen LogP) is 2.00. The molecule has 2 bridgehead atoms. The van der Waals surface area contributed by atoms with E-state index in [0.29, 0.717) is 18.2 Å². The van der Waals surface area contributed by atoms with Gasteiger partial charge in [-0.1, -0.05) is 12.1 Å². The maximum atomic E-state index is 8.44. The summed E-state index contributed by atoms with van der Waals surface area (Å²) >= 11 is 0. The first-order valence-electron chi connectivity index (χ1n) is 6.82. The fourth-order valence-electron chi connectivity index (χ4n) is 2.92. The Morgan fingerprint density at radius 1 is 1.32 bits per heavy atom. The molecule has 1 N–H and O–H groups in total. The van der Waals surface area contributed by atoms with Gasteiger partial charge in [0, 0.05) is 12.6 Å². The molecule has 1 aromatic rings. The Morgan fingerprint density at radius 2 is 2.16 bits per heavy atom. The molecule has 2 saturated heterocycles. The molecular weight excluding hydrogens is 240 g/mol. The van der Waals surface area contributed by atoms with Crippen LogP contribution in [0.15, 0.2) is 24.3 Å². The van der Waals surface area contributed by atoms with Crippen molar-refractivity contribution in [1.29, 1.82) is 5.26 Å². The highest BCUT2D eigenvalue weighted by atomic mass is 16.5. The molecule has 3 rings (SSSR count). The molecule has 4 nitrogen and oxygen atoms in total. The lowest BCUT2D eigenvalue weighted by Gasteiger charge is -2.20. The molecule has 19 heavy (non-hydrogen) atoms. The zero-order valence-corrected chi connectivity index (χ0v) is 10.8. The number of fused-ring (bicyclic) bond motifs is 2. The van der Waals surface area contributed by atoms with Crippen LogP contribution in [0, 0.1) is 11.3 Å². The average molecular weight is 258 g/mol. The van der Waals surface area contributed by atoms with E-state index < -0.39 is 0 Å². The number of nitriles is 1. The molecule has 0 saturated carbocycles. The van der Waals surface area contributed by atoms with Crippen molar-refractivity contribution in [3.63, 3.8) is 0 Å². The minimum atomic E-state index is 0.0973. The van der Waals surface area contributed by atoms with Crippen molar-refractivity contribution in [3.8, 4) is 11.8 Å². The normalized spacial score (nSPS) is 28.3. The summed E-state index contributed by atoms with van der Waals surface area (Å²) in [5.41, 5.74) is 1.23. The fraction of sp³-hybridized carbons (Fsp3) is 0.533. The predicted molar refractivity (Wildman–Crippen MR) is 70.7 cm³/mol. The highest BCUT2D eigenvalue weighted by Crippen LogP contribution is 2.34. The van der Waals surface area contributed by atoms with Crippen molar-refractivity contribution in [2.75, 3.05) is 6.61 Å². The maximum absolute atomic E-state index is 8.44. The van der Waals surface area contributed by atoms with Gasteiger partial charge in [0.15, 0.2) is 6.61 Å². The van der Waals surface area contributed by atoms with Gasteiger partial charge in [-0.2, -0.15) is 5.26 Å². The molecule has 3 atom stereocenters. The van der Waals surface area contributed by atoms with Crippen LogP contribution in [0.1, 0.15) is 24.8 Å². The van der Waals surface area contributed by atoms with Crippen molar-refractivity contribution in [1.82, 2.24) is 5.32 Å². The summed E-state index contributed by atoms with van der Waals surface area (Å²) in [6.45, 7) is 0.954. The summed E-state index contributed by atoms with van der Waals surface area (Å²) in [6, 6.07) is 10.4. The zero-order valence-electron chi connectivity index (χ0n) is 10.8. The van der Waals surface area contributed by atoms with Crippen LogP contribution in [0.5, 0.6) is 5.75 Å². The Bertz CT molecular complexity index is 466. The van der Waals surface area contributed by atoms with Crippen molar-refractivity contribution >= 4 is 0 Å². The summed E-state index contributed by atoms with van der Waals surface area (Å²) in [7, 11) is 0. The van der Waals surface area contributed by atoms with Crippen LogP contribution in [0.2, 0.25) is 0 Å². The van der Waals surface area contributed by atoms with Crippen molar-refractivity contribution in [2.24, 2.45) is 0 Å². The molecule has 4 heteroatoms. The second kappa shape index (κ2) is 5.60. The molecule has 100 valence electrons. The fourth-order valence-corrected chi connectivity index (χ4v) is 2.92. The van der Waals surface area contributed by atoms with Crippen LogP contribution in [0.4, 0.5) is 0 Å². The van der Waals surface area contributed by atoms with Gasteiger partial charge in [-0.15, -0.1) is 0 Å².